The highest BCUT2D eigenvalue weighted by atomic mass is 32.2. The summed E-state index contributed by atoms with van der Waals surface area (Å²) >= 11 is 1.17. The quantitative estimate of drug-likeness (QED) is 0.766. The van der Waals surface area contributed by atoms with E-state index in [9.17, 15) is 4.79 Å². The Bertz CT molecular complexity index is 374. The lowest BCUT2D eigenvalue weighted by molar-refractivity contribution is -0.133. The molecule has 1 aromatic heterocycles. The van der Waals surface area contributed by atoms with Crippen LogP contribution in [0.4, 0.5) is 0 Å². The van der Waals surface area contributed by atoms with E-state index in [-0.39, 0.29) is 11.3 Å². The third kappa shape index (κ3) is 1.97. The van der Waals surface area contributed by atoms with Gasteiger partial charge in [0.2, 0.25) is 5.16 Å². The number of thioether (sulfide) groups is 1. The first-order chi connectivity index (χ1) is 7.12. The van der Waals surface area contributed by atoms with Crippen molar-refractivity contribution in [3.05, 3.63) is 0 Å². The molecule has 1 heterocycles. The lowest BCUT2D eigenvalue weighted by Gasteiger charge is -2.38. The van der Waals surface area contributed by atoms with Crippen molar-refractivity contribution in [1.29, 1.82) is 0 Å². The van der Waals surface area contributed by atoms with Gasteiger partial charge in [-0.1, -0.05) is 11.8 Å². The van der Waals surface area contributed by atoms with E-state index in [0.717, 1.165) is 12.8 Å². The first-order valence-electron chi connectivity index (χ1n) is 4.75. The normalized spacial score (nSPS) is 18.5. The Kier molecular flexibility index (Phi) is 2.64. The third-order valence-electron chi connectivity index (χ3n) is 2.71. The Labute approximate surface area is 91.0 Å². The van der Waals surface area contributed by atoms with Gasteiger partial charge in [-0.25, -0.2) is 4.68 Å². The summed E-state index contributed by atoms with van der Waals surface area (Å²) in [5, 5.41) is 20.5. The minimum absolute atomic E-state index is 0.00352. The molecule has 0 spiro atoms. The van der Waals surface area contributed by atoms with Crippen molar-refractivity contribution in [2.24, 2.45) is 0 Å². The summed E-state index contributed by atoms with van der Waals surface area (Å²) in [4.78, 5) is 10.4. The highest BCUT2D eigenvalue weighted by Gasteiger charge is 2.37. The van der Waals surface area contributed by atoms with Crippen LogP contribution in [0.5, 0.6) is 0 Å². The second kappa shape index (κ2) is 3.80. The molecular weight excluding hydrogens is 216 g/mol. The lowest BCUT2D eigenvalue weighted by Crippen LogP contribution is -2.38. The van der Waals surface area contributed by atoms with E-state index in [0.29, 0.717) is 5.16 Å². The largest absolute Gasteiger partial charge is 0.481 e. The maximum absolute atomic E-state index is 10.4. The van der Waals surface area contributed by atoms with Crippen LogP contribution in [0.1, 0.15) is 26.2 Å². The summed E-state index contributed by atoms with van der Waals surface area (Å²) in [7, 11) is 0. The van der Waals surface area contributed by atoms with Gasteiger partial charge in [0.15, 0.2) is 0 Å². The van der Waals surface area contributed by atoms with E-state index in [2.05, 4.69) is 22.4 Å². The number of hydrogen-bond acceptors (Lipinski definition) is 5. The van der Waals surface area contributed by atoms with E-state index in [1.165, 1.54) is 18.2 Å². The number of carbonyl (C=O) groups is 1. The second-order valence-corrected chi connectivity index (χ2v) is 4.85. The van der Waals surface area contributed by atoms with Crippen molar-refractivity contribution < 1.29 is 9.90 Å². The van der Waals surface area contributed by atoms with Crippen molar-refractivity contribution in [3.8, 4) is 0 Å². The Balaban J connectivity index is 2.11. The first kappa shape index (κ1) is 10.4. The van der Waals surface area contributed by atoms with Gasteiger partial charge in [0.25, 0.3) is 0 Å². The fourth-order valence-electron chi connectivity index (χ4n) is 1.63. The maximum Gasteiger partial charge on any atom is 0.313 e. The zero-order valence-electron chi connectivity index (χ0n) is 8.38. The molecule has 0 bridgehead atoms. The van der Waals surface area contributed by atoms with E-state index >= 15 is 0 Å². The van der Waals surface area contributed by atoms with Crippen LogP contribution >= 0.6 is 11.8 Å². The number of carboxylic acid groups (broad SMARTS) is 1. The predicted molar refractivity (Wildman–Crippen MR) is 53.7 cm³/mol. The van der Waals surface area contributed by atoms with E-state index in [4.69, 9.17) is 5.11 Å². The van der Waals surface area contributed by atoms with Gasteiger partial charge in [0.1, 0.15) is 0 Å². The number of nitrogens with zero attached hydrogens (tertiary/aromatic N) is 4. The zero-order valence-corrected chi connectivity index (χ0v) is 9.20. The van der Waals surface area contributed by atoms with Crippen LogP contribution in [0.2, 0.25) is 0 Å². The van der Waals surface area contributed by atoms with Crippen molar-refractivity contribution in [2.45, 2.75) is 36.9 Å². The maximum atomic E-state index is 10.4. The van der Waals surface area contributed by atoms with Gasteiger partial charge in [0, 0.05) is 0 Å². The molecule has 0 saturated heterocycles. The second-order valence-electron chi connectivity index (χ2n) is 3.91. The Morgan fingerprint density at radius 1 is 1.67 bits per heavy atom. The molecule has 82 valence electrons. The van der Waals surface area contributed by atoms with E-state index < -0.39 is 5.97 Å². The summed E-state index contributed by atoms with van der Waals surface area (Å²) in [6.45, 7) is 2.09. The van der Waals surface area contributed by atoms with E-state index in [1.807, 2.05) is 0 Å². The molecule has 0 radical (unpaired) electrons. The van der Waals surface area contributed by atoms with E-state index in [1.54, 1.807) is 4.68 Å². The smallest absolute Gasteiger partial charge is 0.313 e. The van der Waals surface area contributed by atoms with Gasteiger partial charge in [-0.05, 0) is 36.6 Å². The molecule has 0 aromatic carbocycles. The molecule has 15 heavy (non-hydrogen) atoms. The van der Waals surface area contributed by atoms with Crippen LogP contribution in [0.25, 0.3) is 0 Å². The van der Waals surface area contributed by atoms with Crippen LogP contribution in [-0.2, 0) is 10.3 Å². The summed E-state index contributed by atoms with van der Waals surface area (Å²) in [5.41, 5.74) is -0.00959. The third-order valence-corrected chi connectivity index (χ3v) is 3.61. The summed E-state index contributed by atoms with van der Waals surface area (Å²) in [6, 6.07) is 0. The van der Waals surface area contributed by atoms with Crippen LogP contribution < -0.4 is 0 Å². The topological polar surface area (TPSA) is 80.9 Å². The average molecular weight is 228 g/mol. The summed E-state index contributed by atoms with van der Waals surface area (Å²) in [6.07, 6.45) is 3.29. The van der Waals surface area contributed by atoms with Crippen molar-refractivity contribution >= 4 is 17.7 Å². The van der Waals surface area contributed by atoms with Crippen molar-refractivity contribution in [1.82, 2.24) is 20.2 Å². The number of aromatic nitrogens is 4. The molecule has 2 rings (SSSR count). The molecule has 0 aliphatic heterocycles. The van der Waals surface area contributed by atoms with Gasteiger partial charge >= 0.3 is 5.97 Å². The Hall–Kier alpha value is -1.11. The Morgan fingerprint density at radius 3 is 2.93 bits per heavy atom. The van der Waals surface area contributed by atoms with Gasteiger partial charge in [0.05, 0.1) is 11.3 Å². The molecule has 1 aliphatic rings. The van der Waals surface area contributed by atoms with Crippen LogP contribution in [-0.4, -0.2) is 37.0 Å². The average Bonchev–Trinajstić information content (AvgIpc) is 2.59. The Morgan fingerprint density at radius 2 is 2.40 bits per heavy atom. The number of aliphatic carboxylic acids is 1. The highest BCUT2D eigenvalue weighted by molar-refractivity contribution is 7.99. The zero-order chi connectivity index (χ0) is 10.9. The monoisotopic (exact) mass is 228 g/mol. The molecule has 1 saturated carbocycles. The van der Waals surface area contributed by atoms with Crippen LogP contribution in [0.15, 0.2) is 5.16 Å². The number of carboxylic acids is 1. The predicted octanol–water partition coefficient (Wildman–Crippen LogP) is 0.749. The molecule has 0 amide bonds. The van der Waals surface area contributed by atoms with Crippen molar-refractivity contribution in [3.63, 3.8) is 0 Å². The molecule has 1 aromatic rings. The number of tetrazole rings is 1. The molecule has 6 nitrogen and oxygen atoms in total. The molecule has 1 aliphatic carbocycles. The molecule has 0 unspecified atom stereocenters. The summed E-state index contributed by atoms with van der Waals surface area (Å²) < 4.78 is 1.75. The van der Waals surface area contributed by atoms with Gasteiger partial charge in [-0.15, -0.1) is 5.10 Å². The number of rotatable bonds is 4. The minimum Gasteiger partial charge on any atom is -0.481 e. The molecule has 1 fully saturated rings. The fraction of sp³-hybridized carbons (Fsp3) is 0.750. The van der Waals surface area contributed by atoms with Gasteiger partial charge in [-0.2, -0.15) is 0 Å². The van der Waals surface area contributed by atoms with Gasteiger partial charge in [-0.3, -0.25) is 4.79 Å². The summed E-state index contributed by atoms with van der Waals surface area (Å²) in [5.74, 6) is -0.857. The lowest BCUT2D eigenvalue weighted by atomic mass is 9.79. The SMILES string of the molecule is CC1(n2nnnc2SCC(=O)O)CCC1. The van der Waals surface area contributed by atoms with Gasteiger partial charge < -0.3 is 5.11 Å². The first-order valence-corrected chi connectivity index (χ1v) is 5.74. The van der Waals surface area contributed by atoms with Crippen LogP contribution in [0, 0.1) is 0 Å². The van der Waals surface area contributed by atoms with Crippen LogP contribution in [0.3, 0.4) is 0 Å². The highest BCUT2D eigenvalue weighted by Crippen LogP contribution is 2.39. The minimum atomic E-state index is -0.853. The molecular formula is C8H12N4O2S. The number of hydrogen-bond donors (Lipinski definition) is 1. The molecule has 1 N–H and O–H groups in total. The standard InChI is InChI=1S/C8H12N4O2S/c1-8(3-2-4-8)12-7(9-10-11-12)15-5-6(13)14/h2-5H2,1H3,(H,13,14). The fourth-order valence-corrected chi connectivity index (χ4v) is 2.36. The molecule has 0 atom stereocenters. The molecule has 7 heteroatoms. The van der Waals surface area contributed by atoms with Crippen molar-refractivity contribution in [2.75, 3.05) is 5.75 Å².